The van der Waals surface area contributed by atoms with Gasteiger partial charge in [-0.15, -0.1) is 0 Å². The van der Waals surface area contributed by atoms with E-state index < -0.39 is 48.5 Å². The third-order valence-corrected chi connectivity index (χ3v) is 4.48. The first-order valence-electron chi connectivity index (χ1n) is 7.97. The molecule has 0 aliphatic carbocycles. The van der Waals surface area contributed by atoms with Crippen LogP contribution in [0.3, 0.4) is 0 Å². The van der Waals surface area contributed by atoms with Gasteiger partial charge in [-0.05, 0) is 18.1 Å². The molecule has 0 saturated carbocycles. The number of aliphatic hydroxyl groups is 2. The number of ether oxygens (including phenoxy) is 2. The Morgan fingerprint density at radius 1 is 1.59 bits per heavy atom. The highest BCUT2D eigenvalue weighted by Crippen LogP contribution is 2.38. The Labute approximate surface area is 157 Å². The lowest BCUT2D eigenvalue weighted by Gasteiger charge is -2.24. The predicted octanol–water partition coefficient (Wildman–Crippen LogP) is -0.839. The van der Waals surface area contributed by atoms with E-state index in [1.54, 1.807) is 13.8 Å². The van der Waals surface area contributed by atoms with E-state index >= 15 is 0 Å². The van der Waals surface area contributed by atoms with E-state index in [9.17, 15) is 29.0 Å². The fourth-order valence-electron chi connectivity index (χ4n) is 2.40. The molecule has 1 saturated heterocycles. The van der Waals surface area contributed by atoms with Gasteiger partial charge in [0.15, 0.2) is 23.9 Å². The van der Waals surface area contributed by atoms with Crippen molar-refractivity contribution in [2.45, 2.75) is 44.2 Å². The van der Waals surface area contributed by atoms with Gasteiger partial charge in [0.25, 0.3) is 11.4 Å². The third kappa shape index (κ3) is 4.14. The van der Waals surface area contributed by atoms with E-state index in [0.29, 0.717) is 0 Å². The number of halogens is 1. The lowest BCUT2D eigenvalue weighted by atomic mass is 10.1. The first-order chi connectivity index (χ1) is 12.5. The van der Waals surface area contributed by atoms with Crippen LogP contribution in [0.15, 0.2) is 11.0 Å². The van der Waals surface area contributed by atoms with Crippen molar-refractivity contribution in [3.05, 3.63) is 26.9 Å². The third-order valence-electron chi connectivity index (χ3n) is 4.17. The first-order valence-corrected chi connectivity index (χ1v) is 8.38. The lowest BCUT2D eigenvalue weighted by molar-refractivity contribution is -0.217. The molecule has 1 aromatic rings. The van der Waals surface area contributed by atoms with Crippen molar-refractivity contribution in [3.8, 4) is 0 Å². The maximum atomic E-state index is 15.0. The molecule has 1 fully saturated rings. The number of aldehydes is 1. The number of H-pyrrole nitrogens is 1. The van der Waals surface area contributed by atoms with Crippen molar-refractivity contribution >= 4 is 24.5 Å². The van der Waals surface area contributed by atoms with Gasteiger partial charge in [-0.1, -0.05) is 13.8 Å². The zero-order valence-electron chi connectivity index (χ0n) is 14.5. The molecule has 0 spiro atoms. The molecule has 1 aromatic heterocycles. The van der Waals surface area contributed by atoms with Crippen molar-refractivity contribution < 1.29 is 33.7 Å². The molecule has 10 nitrogen and oxygen atoms in total. The molecule has 0 amide bonds. The van der Waals surface area contributed by atoms with Crippen LogP contribution < -0.4 is 11.3 Å². The number of hydrogen-bond donors (Lipinski definition) is 4. The number of nitrogens with one attached hydrogen (secondary N) is 1. The van der Waals surface area contributed by atoms with Gasteiger partial charge < -0.3 is 25.4 Å². The Hall–Kier alpha value is -1.99. The summed E-state index contributed by atoms with van der Waals surface area (Å²) in [5.74, 6) is -4.12. The number of hydrogen-bond acceptors (Lipinski definition) is 9. The second kappa shape index (κ2) is 7.94. The summed E-state index contributed by atoms with van der Waals surface area (Å²) in [5.41, 5.74) is 4.48. The fourth-order valence-corrected chi connectivity index (χ4v) is 2.65. The van der Waals surface area contributed by atoms with Gasteiger partial charge in [0.2, 0.25) is 0 Å². The maximum absolute atomic E-state index is 15.0. The van der Waals surface area contributed by atoms with Gasteiger partial charge in [-0.2, -0.15) is 0 Å². The van der Waals surface area contributed by atoms with Crippen molar-refractivity contribution in [3.63, 3.8) is 0 Å². The molecule has 2 rings (SSSR count). The molecule has 0 bridgehead atoms. The van der Waals surface area contributed by atoms with Crippen LogP contribution in [0.25, 0.3) is 0 Å². The molecule has 0 radical (unpaired) electrons. The van der Waals surface area contributed by atoms with Crippen molar-refractivity contribution in [2.75, 3.05) is 6.61 Å². The quantitative estimate of drug-likeness (QED) is 0.269. The molecule has 5 N–H and O–H groups in total. The number of rotatable bonds is 6. The van der Waals surface area contributed by atoms with Gasteiger partial charge in [-0.3, -0.25) is 23.9 Å². The molecule has 12 heteroatoms. The summed E-state index contributed by atoms with van der Waals surface area (Å²) in [4.78, 5) is 36.4. The number of alkyl halides is 1. The molecule has 5 atom stereocenters. The van der Waals surface area contributed by atoms with Crippen LogP contribution in [0.2, 0.25) is 0 Å². The van der Waals surface area contributed by atoms with Gasteiger partial charge >= 0.3 is 5.97 Å². The van der Waals surface area contributed by atoms with E-state index in [-0.39, 0.29) is 22.5 Å². The minimum atomic E-state index is -2.96. The van der Waals surface area contributed by atoms with Crippen LogP contribution in [-0.2, 0) is 14.3 Å². The highest BCUT2D eigenvalue weighted by molar-refractivity contribution is 7.71. The summed E-state index contributed by atoms with van der Waals surface area (Å²) < 4.78 is 25.4. The van der Waals surface area contributed by atoms with Crippen LogP contribution in [0.1, 0.15) is 30.4 Å². The summed E-state index contributed by atoms with van der Waals surface area (Å²) in [6.45, 7) is 2.30. The Morgan fingerprint density at radius 3 is 2.78 bits per heavy atom. The Balaban J connectivity index is 2.25. The second-order valence-corrected chi connectivity index (χ2v) is 6.86. The number of esters is 1. The topological polar surface area (TPSA) is 157 Å². The van der Waals surface area contributed by atoms with Crippen LogP contribution in [0, 0.1) is 10.7 Å². The van der Waals surface area contributed by atoms with Crippen LogP contribution in [-0.4, -0.2) is 62.7 Å². The molecular formula is C15H20FN3O7S. The lowest BCUT2D eigenvalue weighted by Crippen LogP contribution is -2.46. The average Bonchev–Trinajstić information content (AvgIpc) is 2.84. The van der Waals surface area contributed by atoms with Crippen LogP contribution in [0.4, 0.5) is 4.39 Å². The summed E-state index contributed by atoms with van der Waals surface area (Å²) in [7, 11) is 0. The van der Waals surface area contributed by atoms with E-state index in [0.717, 1.165) is 10.8 Å². The number of aromatic nitrogens is 2. The number of aliphatic hydroxyl groups excluding tert-OH is 2. The minimum Gasteiger partial charge on any atom is -0.458 e. The van der Waals surface area contributed by atoms with E-state index in [1.165, 1.54) is 0 Å². The summed E-state index contributed by atoms with van der Waals surface area (Å²) >= 11 is 4.91. The van der Waals surface area contributed by atoms with Crippen LogP contribution in [0.5, 0.6) is 0 Å². The molecule has 2 heterocycles. The van der Waals surface area contributed by atoms with Gasteiger partial charge in [0.05, 0.1) is 5.56 Å². The average molecular weight is 405 g/mol. The number of carbonyl (C=O) groups excluding carboxylic acids is 2. The van der Waals surface area contributed by atoms with E-state index in [2.05, 4.69) is 4.98 Å². The number of carbonyl (C=O) groups is 2. The molecule has 1 aliphatic rings. The first kappa shape index (κ1) is 21.3. The number of nitrogens with two attached hydrogens (primary N) is 1. The smallest absolute Gasteiger partial charge is 0.323 e. The summed E-state index contributed by atoms with van der Waals surface area (Å²) in [5, 5.41) is 20.2. The Bertz CT molecular complexity index is 841. The highest BCUT2D eigenvalue weighted by Gasteiger charge is 2.57. The molecule has 27 heavy (non-hydrogen) atoms. The SMILES string of the molecule is CC(C)[C@H](N)C(=O)OC[C@@]1(F)O[C@@H](n2cc(C=O)c(=O)[nH]c2=S)[C@H](O)[C@@H]1O. The van der Waals surface area contributed by atoms with Gasteiger partial charge in [0.1, 0.15) is 18.2 Å². The monoisotopic (exact) mass is 405 g/mol. The fraction of sp³-hybridized carbons (Fsp3) is 0.600. The van der Waals surface area contributed by atoms with E-state index in [4.69, 9.17) is 27.4 Å². The second-order valence-electron chi connectivity index (χ2n) is 6.48. The van der Waals surface area contributed by atoms with Crippen molar-refractivity contribution in [1.29, 1.82) is 0 Å². The maximum Gasteiger partial charge on any atom is 0.323 e. The number of nitrogens with zero attached hydrogens (tertiary/aromatic N) is 1. The minimum absolute atomic E-state index is 0.236. The van der Waals surface area contributed by atoms with E-state index in [1.807, 2.05) is 0 Å². The zero-order chi connectivity index (χ0) is 20.5. The normalized spacial score (nSPS) is 28.9. The molecule has 1 aliphatic heterocycles. The highest BCUT2D eigenvalue weighted by atomic mass is 32.1. The van der Waals surface area contributed by atoms with Crippen molar-refractivity contribution in [1.82, 2.24) is 9.55 Å². The Morgan fingerprint density at radius 2 is 2.22 bits per heavy atom. The molecule has 0 aromatic carbocycles. The zero-order valence-corrected chi connectivity index (χ0v) is 15.3. The largest absolute Gasteiger partial charge is 0.458 e. The standard InChI is InChI=1S/C15H20FN3O7S/c1-6(2)8(17)13(24)25-5-15(16)10(22)9(21)12(26-15)19-3-7(4-20)11(23)18-14(19)27/h3-4,6,8-10,12,21-22H,5,17H2,1-2H3,(H,18,23,27)/t8-,9+,10-,12+,15+/m0/s1. The summed E-state index contributed by atoms with van der Waals surface area (Å²) in [6, 6.07) is -1.00. The summed E-state index contributed by atoms with van der Waals surface area (Å²) in [6.07, 6.45) is -4.31. The Kier molecular flexibility index (Phi) is 6.27. The van der Waals surface area contributed by atoms with Crippen LogP contribution >= 0.6 is 12.2 Å². The van der Waals surface area contributed by atoms with Crippen molar-refractivity contribution in [2.24, 2.45) is 11.7 Å². The van der Waals surface area contributed by atoms with Gasteiger partial charge in [-0.25, -0.2) is 4.39 Å². The molecule has 150 valence electrons. The molecular weight excluding hydrogens is 385 g/mol. The number of aromatic amines is 1. The van der Waals surface area contributed by atoms with Gasteiger partial charge in [0, 0.05) is 6.20 Å². The predicted molar refractivity (Wildman–Crippen MR) is 91.0 cm³/mol. The molecule has 0 unspecified atom stereocenters.